The van der Waals surface area contributed by atoms with Gasteiger partial charge >= 0.3 is 0 Å². The van der Waals surface area contributed by atoms with E-state index >= 15 is 0 Å². The van der Waals surface area contributed by atoms with E-state index in [0.717, 1.165) is 10.3 Å². The zero-order valence-corrected chi connectivity index (χ0v) is 10.6. The third kappa shape index (κ3) is 2.59. The van der Waals surface area contributed by atoms with Crippen LogP contribution in [0.5, 0.6) is 0 Å². The van der Waals surface area contributed by atoms with Gasteiger partial charge in [0.2, 0.25) is 5.91 Å². The first-order valence-corrected chi connectivity index (χ1v) is 5.95. The van der Waals surface area contributed by atoms with Crippen molar-refractivity contribution in [1.82, 2.24) is 9.88 Å². The van der Waals surface area contributed by atoms with Crippen LogP contribution in [0.4, 0.5) is 0 Å². The van der Waals surface area contributed by atoms with Crippen molar-refractivity contribution in [3.05, 3.63) is 28.5 Å². The smallest absolute Gasteiger partial charge is 0.219 e. The molecule has 86 valence electrons. The van der Waals surface area contributed by atoms with Gasteiger partial charge < -0.3 is 9.64 Å². The van der Waals surface area contributed by atoms with Gasteiger partial charge in [-0.2, -0.15) is 0 Å². The van der Waals surface area contributed by atoms with Crippen molar-refractivity contribution in [2.75, 3.05) is 19.7 Å². The zero-order chi connectivity index (χ0) is 11.5. The number of hydrogen-bond donors (Lipinski definition) is 0. The molecule has 5 heteroatoms. The standard InChI is InChI=1S/C11H13BrN2O2/c1-8(15)14-5-6-16-10(7-14)9-3-2-4-11(12)13-9/h2-4,10H,5-7H2,1H3/t10-/m1/s1. The molecule has 1 aliphatic heterocycles. The van der Waals surface area contributed by atoms with Gasteiger partial charge in [0.1, 0.15) is 10.7 Å². The average Bonchev–Trinajstić information content (AvgIpc) is 2.29. The van der Waals surface area contributed by atoms with Gasteiger partial charge in [0, 0.05) is 13.5 Å². The van der Waals surface area contributed by atoms with E-state index in [4.69, 9.17) is 4.74 Å². The number of rotatable bonds is 1. The number of carbonyl (C=O) groups is 1. The topological polar surface area (TPSA) is 42.4 Å². The first-order valence-electron chi connectivity index (χ1n) is 5.16. The normalized spacial score (nSPS) is 20.9. The monoisotopic (exact) mass is 284 g/mol. The third-order valence-corrected chi connectivity index (χ3v) is 3.02. The molecule has 0 saturated carbocycles. The summed E-state index contributed by atoms with van der Waals surface area (Å²) in [7, 11) is 0. The van der Waals surface area contributed by atoms with Crippen molar-refractivity contribution >= 4 is 21.8 Å². The summed E-state index contributed by atoms with van der Waals surface area (Å²) in [5.41, 5.74) is 0.861. The summed E-state index contributed by atoms with van der Waals surface area (Å²) in [6.07, 6.45) is -0.116. The predicted molar refractivity (Wildman–Crippen MR) is 62.9 cm³/mol. The lowest BCUT2D eigenvalue weighted by Crippen LogP contribution is -2.41. The van der Waals surface area contributed by atoms with Crippen molar-refractivity contribution in [3.63, 3.8) is 0 Å². The Balaban J connectivity index is 2.12. The molecular weight excluding hydrogens is 272 g/mol. The SMILES string of the molecule is CC(=O)N1CCO[C@@H](c2cccc(Br)n2)C1. The predicted octanol–water partition coefficient (Wildman–Crippen LogP) is 1.76. The van der Waals surface area contributed by atoms with E-state index in [-0.39, 0.29) is 12.0 Å². The van der Waals surface area contributed by atoms with E-state index in [0.29, 0.717) is 19.7 Å². The number of morpholine rings is 1. The number of aromatic nitrogens is 1. The summed E-state index contributed by atoms with van der Waals surface area (Å²) in [4.78, 5) is 17.4. The van der Waals surface area contributed by atoms with E-state index in [1.165, 1.54) is 0 Å². The lowest BCUT2D eigenvalue weighted by Gasteiger charge is -2.31. The summed E-state index contributed by atoms with van der Waals surface area (Å²) in [6.45, 7) is 3.40. The quantitative estimate of drug-likeness (QED) is 0.738. The molecule has 0 bridgehead atoms. The Morgan fingerprint density at radius 3 is 3.12 bits per heavy atom. The number of nitrogens with zero attached hydrogens (tertiary/aromatic N) is 2. The molecule has 0 aliphatic carbocycles. The van der Waals surface area contributed by atoms with Gasteiger partial charge in [0.15, 0.2) is 0 Å². The van der Waals surface area contributed by atoms with E-state index < -0.39 is 0 Å². The van der Waals surface area contributed by atoms with Crippen molar-refractivity contribution in [1.29, 1.82) is 0 Å². The number of pyridine rings is 1. The fourth-order valence-corrected chi connectivity index (χ4v) is 2.07. The fourth-order valence-electron chi connectivity index (χ4n) is 1.72. The summed E-state index contributed by atoms with van der Waals surface area (Å²) < 4.78 is 6.41. The molecule has 2 heterocycles. The maximum absolute atomic E-state index is 11.3. The largest absolute Gasteiger partial charge is 0.368 e. The Kier molecular flexibility index (Phi) is 3.56. The van der Waals surface area contributed by atoms with Gasteiger partial charge in [-0.25, -0.2) is 4.98 Å². The van der Waals surface area contributed by atoms with Crippen LogP contribution in [0.15, 0.2) is 22.8 Å². The van der Waals surface area contributed by atoms with Crippen LogP contribution in [0.1, 0.15) is 18.7 Å². The second-order valence-corrected chi connectivity index (χ2v) is 4.52. The number of ether oxygens (including phenoxy) is 1. The summed E-state index contributed by atoms with van der Waals surface area (Å²) in [5, 5.41) is 0. The number of halogens is 1. The molecule has 0 aromatic carbocycles. The van der Waals surface area contributed by atoms with E-state index in [9.17, 15) is 4.79 Å². The summed E-state index contributed by atoms with van der Waals surface area (Å²) >= 11 is 3.33. The molecular formula is C11H13BrN2O2. The zero-order valence-electron chi connectivity index (χ0n) is 9.02. The molecule has 0 radical (unpaired) electrons. The van der Waals surface area contributed by atoms with Gasteiger partial charge in [-0.05, 0) is 28.1 Å². The number of hydrogen-bond acceptors (Lipinski definition) is 3. The number of carbonyl (C=O) groups excluding carboxylic acids is 1. The molecule has 2 rings (SSSR count). The Morgan fingerprint density at radius 2 is 2.44 bits per heavy atom. The molecule has 1 atom stereocenters. The summed E-state index contributed by atoms with van der Waals surface area (Å²) in [6, 6.07) is 5.70. The molecule has 0 spiro atoms. The van der Waals surface area contributed by atoms with Gasteiger partial charge in [-0.3, -0.25) is 4.79 Å². The van der Waals surface area contributed by atoms with Crippen molar-refractivity contribution in [3.8, 4) is 0 Å². The molecule has 1 aromatic heterocycles. The van der Waals surface area contributed by atoms with Crippen molar-refractivity contribution in [2.45, 2.75) is 13.0 Å². The van der Waals surface area contributed by atoms with Gasteiger partial charge in [0.25, 0.3) is 0 Å². The highest BCUT2D eigenvalue weighted by molar-refractivity contribution is 9.10. The maximum Gasteiger partial charge on any atom is 0.219 e. The van der Waals surface area contributed by atoms with Crippen molar-refractivity contribution < 1.29 is 9.53 Å². The molecule has 1 aromatic rings. The van der Waals surface area contributed by atoms with Crippen LogP contribution < -0.4 is 0 Å². The van der Waals surface area contributed by atoms with Crippen LogP contribution in [0, 0.1) is 0 Å². The lowest BCUT2D eigenvalue weighted by molar-refractivity contribution is -0.136. The Hall–Kier alpha value is -0.940. The van der Waals surface area contributed by atoms with Crippen LogP contribution >= 0.6 is 15.9 Å². The fraction of sp³-hybridized carbons (Fsp3) is 0.455. The first kappa shape index (κ1) is 11.5. The van der Waals surface area contributed by atoms with E-state index in [2.05, 4.69) is 20.9 Å². The van der Waals surface area contributed by atoms with Crippen LogP contribution in [0.3, 0.4) is 0 Å². The average molecular weight is 285 g/mol. The Labute approximate surface area is 103 Å². The second kappa shape index (κ2) is 4.93. The van der Waals surface area contributed by atoms with Crippen LogP contribution in [-0.2, 0) is 9.53 Å². The van der Waals surface area contributed by atoms with Gasteiger partial charge in [-0.1, -0.05) is 6.07 Å². The van der Waals surface area contributed by atoms with E-state index in [1.54, 1.807) is 11.8 Å². The van der Waals surface area contributed by atoms with Crippen molar-refractivity contribution in [2.24, 2.45) is 0 Å². The minimum atomic E-state index is -0.116. The molecule has 16 heavy (non-hydrogen) atoms. The molecule has 1 saturated heterocycles. The molecule has 0 unspecified atom stereocenters. The van der Waals surface area contributed by atoms with Crippen LogP contribution in [0.25, 0.3) is 0 Å². The number of amides is 1. The molecule has 1 aliphatic rings. The highest BCUT2D eigenvalue weighted by Gasteiger charge is 2.24. The highest BCUT2D eigenvalue weighted by atomic mass is 79.9. The second-order valence-electron chi connectivity index (χ2n) is 3.71. The maximum atomic E-state index is 11.3. The molecule has 1 fully saturated rings. The highest BCUT2D eigenvalue weighted by Crippen LogP contribution is 2.21. The Morgan fingerprint density at radius 1 is 1.62 bits per heavy atom. The third-order valence-electron chi connectivity index (χ3n) is 2.58. The lowest BCUT2D eigenvalue weighted by atomic mass is 10.2. The van der Waals surface area contributed by atoms with Crippen LogP contribution in [-0.4, -0.2) is 35.5 Å². The molecule has 0 N–H and O–H groups in total. The minimum Gasteiger partial charge on any atom is -0.368 e. The van der Waals surface area contributed by atoms with Crippen LogP contribution in [0.2, 0.25) is 0 Å². The molecule has 1 amide bonds. The molecule has 4 nitrogen and oxygen atoms in total. The summed E-state index contributed by atoms with van der Waals surface area (Å²) in [5.74, 6) is 0.0864. The first-order chi connectivity index (χ1) is 7.66. The Bertz CT molecular complexity index is 397. The van der Waals surface area contributed by atoms with E-state index in [1.807, 2.05) is 18.2 Å². The van der Waals surface area contributed by atoms with Gasteiger partial charge in [0.05, 0.1) is 18.8 Å². The minimum absolute atomic E-state index is 0.0864. The van der Waals surface area contributed by atoms with Gasteiger partial charge in [-0.15, -0.1) is 0 Å².